The quantitative estimate of drug-likeness (QED) is 0.887. The standard InChI is InChI=1S/C16H22N4O/c1-12(2)13(3)18-16(21)19-15-7-5-14(6-8-15)11-20-10-4-9-17-20/h4-10,12-13H,11H2,1-3H3,(H2,18,19,21). The number of hydrogen-bond acceptors (Lipinski definition) is 2. The van der Waals surface area contributed by atoms with Gasteiger partial charge < -0.3 is 10.6 Å². The van der Waals surface area contributed by atoms with E-state index in [1.165, 1.54) is 0 Å². The Morgan fingerprint density at radius 2 is 1.95 bits per heavy atom. The van der Waals surface area contributed by atoms with Crippen LogP contribution in [0.15, 0.2) is 42.7 Å². The van der Waals surface area contributed by atoms with Gasteiger partial charge in [0.2, 0.25) is 0 Å². The van der Waals surface area contributed by atoms with Crippen LogP contribution in [0.5, 0.6) is 0 Å². The maximum absolute atomic E-state index is 11.8. The van der Waals surface area contributed by atoms with Crippen LogP contribution < -0.4 is 10.6 Å². The highest BCUT2D eigenvalue weighted by Crippen LogP contribution is 2.11. The molecule has 112 valence electrons. The molecule has 5 heteroatoms. The Hall–Kier alpha value is -2.30. The fourth-order valence-corrected chi connectivity index (χ4v) is 1.82. The molecular weight excluding hydrogens is 264 g/mol. The molecule has 0 spiro atoms. The van der Waals surface area contributed by atoms with E-state index in [1.54, 1.807) is 6.20 Å². The minimum Gasteiger partial charge on any atom is -0.335 e. The number of carbonyl (C=O) groups excluding carboxylic acids is 1. The molecule has 1 atom stereocenters. The zero-order valence-electron chi connectivity index (χ0n) is 12.7. The Balaban J connectivity index is 1.88. The van der Waals surface area contributed by atoms with Gasteiger partial charge in [0.1, 0.15) is 0 Å². The topological polar surface area (TPSA) is 59.0 Å². The fraction of sp³-hybridized carbons (Fsp3) is 0.375. The Morgan fingerprint density at radius 3 is 2.52 bits per heavy atom. The van der Waals surface area contributed by atoms with Crippen molar-refractivity contribution in [3.05, 3.63) is 48.3 Å². The minimum atomic E-state index is -0.170. The minimum absolute atomic E-state index is 0.143. The number of hydrogen-bond donors (Lipinski definition) is 2. The lowest BCUT2D eigenvalue weighted by Crippen LogP contribution is -2.38. The van der Waals surface area contributed by atoms with E-state index >= 15 is 0 Å². The molecule has 1 aromatic heterocycles. The molecule has 0 aliphatic carbocycles. The molecule has 0 aliphatic rings. The number of rotatable bonds is 5. The molecule has 1 aromatic carbocycles. The second-order valence-electron chi connectivity index (χ2n) is 5.53. The first-order valence-electron chi connectivity index (χ1n) is 7.18. The predicted octanol–water partition coefficient (Wildman–Crippen LogP) is 3.10. The molecule has 2 aromatic rings. The van der Waals surface area contributed by atoms with Gasteiger partial charge in [0.15, 0.2) is 0 Å². The smallest absolute Gasteiger partial charge is 0.319 e. The van der Waals surface area contributed by atoms with Crippen molar-refractivity contribution < 1.29 is 4.79 Å². The van der Waals surface area contributed by atoms with Crippen molar-refractivity contribution in [2.24, 2.45) is 5.92 Å². The number of benzene rings is 1. The van der Waals surface area contributed by atoms with Crippen molar-refractivity contribution >= 4 is 11.7 Å². The summed E-state index contributed by atoms with van der Waals surface area (Å²) in [6.45, 7) is 6.88. The summed E-state index contributed by atoms with van der Waals surface area (Å²) in [7, 11) is 0. The number of urea groups is 1. The first-order chi connectivity index (χ1) is 10.0. The Morgan fingerprint density at radius 1 is 1.24 bits per heavy atom. The zero-order valence-corrected chi connectivity index (χ0v) is 12.7. The van der Waals surface area contributed by atoms with E-state index in [-0.39, 0.29) is 12.1 Å². The van der Waals surface area contributed by atoms with E-state index in [0.717, 1.165) is 17.8 Å². The van der Waals surface area contributed by atoms with Crippen LogP contribution >= 0.6 is 0 Å². The molecule has 1 heterocycles. The molecule has 0 saturated carbocycles. The normalized spacial score (nSPS) is 12.2. The maximum Gasteiger partial charge on any atom is 0.319 e. The summed E-state index contributed by atoms with van der Waals surface area (Å²) in [6.07, 6.45) is 3.68. The monoisotopic (exact) mass is 286 g/mol. The number of amides is 2. The van der Waals surface area contributed by atoms with Crippen LogP contribution in [0.1, 0.15) is 26.3 Å². The molecule has 0 radical (unpaired) electrons. The molecule has 2 amide bonds. The SMILES string of the molecule is CC(C)C(C)NC(=O)Nc1ccc(Cn2cccn2)cc1. The average molecular weight is 286 g/mol. The lowest BCUT2D eigenvalue weighted by Gasteiger charge is -2.17. The first-order valence-corrected chi connectivity index (χ1v) is 7.18. The lowest BCUT2D eigenvalue weighted by atomic mass is 10.1. The maximum atomic E-state index is 11.8. The van der Waals surface area contributed by atoms with E-state index in [4.69, 9.17) is 0 Å². The third-order valence-corrected chi connectivity index (χ3v) is 3.47. The van der Waals surface area contributed by atoms with Gasteiger partial charge in [0.25, 0.3) is 0 Å². The van der Waals surface area contributed by atoms with Gasteiger partial charge in [0.05, 0.1) is 6.54 Å². The van der Waals surface area contributed by atoms with E-state index in [9.17, 15) is 4.79 Å². The third-order valence-electron chi connectivity index (χ3n) is 3.47. The molecule has 2 rings (SSSR count). The van der Waals surface area contributed by atoms with Gasteiger partial charge >= 0.3 is 6.03 Å². The molecule has 5 nitrogen and oxygen atoms in total. The van der Waals surface area contributed by atoms with Crippen LogP contribution in [0.3, 0.4) is 0 Å². The molecule has 0 saturated heterocycles. The van der Waals surface area contributed by atoms with Crippen molar-refractivity contribution in [1.82, 2.24) is 15.1 Å². The van der Waals surface area contributed by atoms with Crippen LogP contribution in [0.2, 0.25) is 0 Å². The zero-order chi connectivity index (χ0) is 15.2. The molecule has 21 heavy (non-hydrogen) atoms. The van der Waals surface area contributed by atoms with E-state index < -0.39 is 0 Å². The molecule has 0 aliphatic heterocycles. The van der Waals surface area contributed by atoms with Crippen molar-refractivity contribution in [2.45, 2.75) is 33.4 Å². The summed E-state index contributed by atoms with van der Waals surface area (Å²) in [5.74, 6) is 0.409. The molecule has 0 fully saturated rings. The Labute approximate surface area is 125 Å². The predicted molar refractivity (Wildman–Crippen MR) is 84.2 cm³/mol. The van der Waals surface area contributed by atoms with Gasteiger partial charge in [-0.05, 0) is 36.6 Å². The van der Waals surface area contributed by atoms with Crippen molar-refractivity contribution in [2.75, 3.05) is 5.32 Å². The number of nitrogens with zero attached hydrogens (tertiary/aromatic N) is 2. The summed E-state index contributed by atoms with van der Waals surface area (Å²) in [5.41, 5.74) is 1.92. The van der Waals surface area contributed by atoms with Gasteiger partial charge in [-0.15, -0.1) is 0 Å². The van der Waals surface area contributed by atoms with Gasteiger partial charge in [-0.2, -0.15) is 5.10 Å². The summed E-state index contributed by atoms with van der Waals surface area (Å²) in [6, 6.07) is 9.65. The van der Waals surface area contributed by atoms with Gasteiger partial charge in [-0.1, -0.05) is 26.0 Å². The van der Waals surface area contributed by atoms with Crippen molar-refractivity contribution in [1.29, 1.82) is 0 Å². The van der Waals surface area contributed by atoms with Gasteiger partial charge in [-0.3, -0.25) is 4.68 Å². The highest BCUT2D eigenvalue weighted by atomic mass is 16.2. The summed E-state index contributed by atoms with van der Waals surface area (Å²) >= 11 is 0. The number of anilines is 1. The second kappa shape index (κ2) is 6.92. The van der Waals surface area contributed by atoms with Crippen LogP contribution in [-0.4, -0.2) is 21.9 Å². The van der Waals surface area contributed by atoms with E-state index in [0.29, 0.717) is 5.92 Å². The van der Waals surface area contributed by atoms with Crippen LogP contribution in [-0.2, 0) is 6.54 Å². The highest BCUT2D eigenvalue weighted by molar-refractivity contribution is 5.89. The largest absolute Gasteiger partial charge is 0.335 e. The third kappa shape index (κ3) is 4.63. The lowest BCUT2D eigenvalue weighted by molar-refractivity contribution is 0.246. The summed E-state index contributed by atoms with van der Waals surface area (Å²) < 4.78 is 1.86. The number of carbonyl (C=O) groups is 1. The number of nitrogens with one attached hydrogen (secondary N) is 2. The summed E-state index contributed by atoms with van der Waals surface area (Å²) in [4.78, 5) is 11.8. The number of aromatic nitrogens is 2. The average Bonchev–Trinajstić information content (AvgIpc) is 2.93. The van der Waals surface area contributed by atoms with Gasteiger partial charge in [-0.25, -0.2) is 4.79 Å². The Kier molecular flexibility index (Phi) is 4.98. The Bertz CT molecular complexity index is 560. The van der Waals surface area contributed by atoms with Gasteiger partial charge in [0, 0.05) is 24.1 Å². The van der Waals surface area contributed by atoms with E-state index in [2.05, 4.69) is 29.6 Å². The van der Waals surface area contributed by atoms with Crippen LogP contribution in [0, 0.1) is 5.92 Å². The fourth-order valence-electron chi connectivity index (χ4n) is 1.82. The highest BCUT2D eigenvalue weighted by Gasteiger charge is 2.10. The van der Waals surface area contributed by atoms with Crippen molar-refractivity contribution in [3.8, 4) is 0 Å². The second-order valence-corrected chi connectivity index (χ2v) is 5.53. The van der Waals surface area contributed by atoms with E-state index in [1.807, 2.05) is 48.1 Å². The molecule has 2 N–H and O–H groups in total. The first kappa shape index (κ1) is 15.1. The van der Waals surface area contributed by atoms with Crippen LogP contribution in [0.4, 0.5) is 10.5 Å². The van der Waals surface area contributed by atoms with Crippen molar-refractivity contribution in [3.63, 3.8) is 0 Å². The van der Waals surface area contributed by atoms with Crippen LogP contribution in [0.25, 0.3) is 0 Å². The molecular formula is C16H22N4O. The molecule has 1 unspecified atom stereocenters. The summed E-state index contributed by atoms with van der Waals surface area (Å²) in [5, 5.41) is 9.92. The molecule has 0 bridgehead atoms.